The van der Waals surface area contributed by atoms with Crippen molar-refractivity contribution in [3.63, 3.8) is 0 Å². The summed E-state index contributed by atoms with van der Waals surface area (Å²) in [6.07, 6.45) is 6.27. The van der Waals surface area contributed by atoms with Gasteiger partial charge < -0.3 is 23.8 Å². The molecule has 2 fully saturated rings. The summed E-state index contributed by atoms with van der Waals surface area (Å²) in [5, 5.41) is 1.91. The Balaban J connectivity index is 1.51. The SMILES string of the molecule is CNN(C)COCCC[C@@H](C)Cn1/c(=N/COC(C)C)[nH]c2ccc(N=S3(=O)CCC4(CCOCC4)CC3)cc21. The third-order valence-corrected chi connectivity index (χ3v) is 10.5. The summed E-state index contributed by atoms with van der Waals surface area (Å²) < 4.78 is 37.9. The Morgan fingerprint density at radius 1 is 1.20 bits per heavy atom. The van der Waals surface area contributed by atoms with Crippen LogP contribution in [0.1, 0.15) is 59.3 Å². The average Bonchev–Trinajstić information content (AvgIpc) is 3.26. The smallest absolute Gasteiger partial charge is 0.205 e. The number of fused-ring (bicyclic) bond motifs is 1. The molecular formula is C29H50N6O4S. The van der Waals surface area contributed by atoms with Gasteiger partial charge in [0.05, 0.1) is 32.6 Å². The molecule has 11 heteroatoms. The van der Waals surface area contributed by atoms with Crippen molar-refractivity contribution in [2.45, 2.75) is 71.9 Å². The van der Waals surface area contributed by atoms with Gasteiger partial charge in [0.15, 0.2) is 0 Å². The average molecular weight is 579 g/mol. The minimum Gasteiger partial charge on any atom is -0.381 e. The van der Waals surface area contributed by atoms with E-state index in [1.54, 1.807) is 0 Å². The van der Waals surface area contributed by atoms with Crippen molar-refractivity contribution >= 4 is 26.4 Å². The van der Waals surface area contributed by atoms with Crippen molar-refractivity contribution in [1.29, 1.82) is 0 Å². The predicted molar refractivity (Wildman–Crippen MR) is 161 cm³/mol. The molecule has 1 aromatic carbocycles. The summed E-state index contributed by atoms with van der Waals surface area (Å²) in [5.74, 6) is 1.77. The molecule has 2 aliphatic heterocycles. The molecular weight excluding hydrogens is 528 g/mol. The second kappa shape index (κ2) is 14.4. The summed E-state index contributed by atoms with van der Waals surface area (Å²) >= 11 is 0. The molecule has 0 saturated carbocycles. The van der Waals surface area contributed by atoms with Gasteiger partial charge in [-0.05, 0) is 89.0 Å². The number of hydrogen-bond donors (Lipinski definition) is 2. The molecule has 4 rings (SSSR count). The van der Waals surface area contributed by atoms with Crippen molar-refractivity contribution in [3.8, 4) is 0 Å². The van der Waals surface area contributed by atoms with Crippen LogP contribution in [0.3, 0.4) is 0 Å². The molecule has 3 heterocycles. The Labute approximate surface area is 240 Å². The van der Waals surface area contributed by atoms with E-state index < -0.39 is 9.73 Å². The molecule has 0 radical (unpaired) electrons. The first-order chi connectivity index (χ1) is 19.2. The second-order valence-electron chi connectivity index (χ2n) is 11.9. The quantitative estimate of drug-likeness (QED) is 0.207. The first-order valence-electron chi connectivity index (χ1n) is 14.8. The van der Waals surface area contributed by atoms with Crippen LogP contribution in [0.2, 0.25) is 0 Å². The minimum absolute atomic E-state index is 0.111. The predicted octanol–water partition coefficient (Wildman–Crippen LogP) is 4.40. The normalized spacial score (nSPS) is 20.1. The fourth-order valence-electron chi connectivity index (χ4n) is 5.53. The monoisotopic (exact) mass is 578 g/mol. The third-order valence-electron chi connectivity index (χ3n) is 8.27. The van der Waals surface area contributed by atoms with E-state index in [0.717, 1.165) is 87.2 Å². The molecule has 40 heavy (non-hydrogen) atoms. The molecule has 10 nitrogen and oxygen atoms in total. The lowest BCUT2D eigenvalue weighted by atomic mass is 9.75. The van der Waals surface area contributed by atoms with Gasteiger partial charge >= 0.3 is 0 Å². The molecule has 226 valence electrons. The molecule has 2 saturated heterocycles. The number of imidazole rings is 1. The van der Waals surface area contributed by atoms with Gasteiger partial charge in [0.1, 0.15) is 13.5 Å². The topological polar surface area (TPSA) is 105 Å². The first kappa shape index (κ1) is 31.2. The van der Waals surface area contributed by atoms with Crippen LogP contribution in [0.5, 0.6) is 0 Å². The van der Waals surface area contributed by atoms with Gasteiger partial charge in [-0.15, -0.1) is 0 Å². The van der Waals surface area contributed by atoms with Crippen LogP contribution in [-0.4, -0.2) is 83.8 Å². The van der Waals surface area contributed by atoms with E-state index in [1.807, 2.05) is 45.1 Å². The maximum Gasteiger partial charge on any atom is 0.205 e. The summed E-state index contributed by atoms with van der Waals surface area (Å²) in [6, 6.07) is 6.09. The highest BCUT2D eigenvalue weighted by Gasteiger charge is 2.37. The molecule has 0 aliphatic carbocycles. The highest BCUT2D eigenvalue weighted by Crippen LogP contribution is 2.42. The highest BCUT2D eigenvalue weighted by atomic mass is 32.2. The van der Waals surface area contributed by atoms with Crippen LogP contribution in [0.4, 0.5) is 5.69 Å². The molecule has 2 N–H and O–H groups in total. The first-order valence-corrected chi connectivity index (χ1v) is 16.7. The number of aromatic nitrogens is 2. The largest absolute Gasteiger partial charge is 0.381 e. The minimum atomic E-state index is -2.27. The van der Waals surface area contributed by atoms with Crippen LogP contribution >= 0.6 is 0 Å². The summed E-state index contributed by atoms with van der Waals surface area (Å²) in [6.45, 7) is 10.3. The van der Waals surface area contributed by atoms with Gasteiger partial charge in [-0.1, -0.05) is 6.92 Å². The molecule has 0 bridgehead atoms. The van der Waals surface area contributed by atoms with E-state index in [0.29, 0.717) is 36.3 Å². The fraction of sp³-hybridized carbons (Fsp3) is 0.759. The number of rotatable bonds is 13. The molecule has 2 aromatic rings. The zero-order valence-electron chi connectivity index (χ0n) is 25.1. The van der Waals surface area contributed by atoms with E-state index in [1.165, 1.54) is 0 Å². The lowest BCUT2D eigenvalue weighted by Gasteiger charge is -2.41. The number of ether oxygens (including phenoxy) is 3. The van der Waals surface area contributed by atoms with Crippen LogP contribution in [0, 0.1) is 11.3 Å². The van der Waals surface area contributed by atoms with Crippen LogP contribution in [0.15, 0.2) is 27.6 Å². The standard InChI is InChI=1S/C29H50N6O4S/c1-23(2)39-21-31-28-32-26-9-8-25(33-40(36)17-12-29(13-18-40)10-15-37-16-11-29)19-27(26)35(28)20-24(3)7-6-14-38-22-34(5)30-4/h8-9,19,23-24,30H,6-7,10-18,20-22H2,1-5H3,(H,31,32)/t24-/m1/s1. The number of nitrogens with one attached hydrogen (secondary N) is 2. The van der Waals surface area contributed by atoms with Gasteiger partial charge in [-0.2, -0.15) is 4.36 Å². The lowest BCUT2D eigenvalue weighted by Crippen LogP contribution is -2.37. The van der Waals surface area contributed by atoms with Crippen LogP contribution in [-0.2, 0) is 30.5 Å². The Morgan fingerprint density at radius 2 is 1.95 bits per heavy atom. The maximum atomic E-state index is 13.8. The van der Waals surface area contributed by atoms with Crippen molar-refractivity contribution < 1.29 is 18.4 Å². The van der Waals surface area contributed by atoms with E-state index >= 15 is 0 Å². The Bertz CT molecular complexity index is 1260. The summed E-state index contributed by atoms with van der Waals surface area (Å²) in [5.41, 5.74) is 6.94. The molecule has 0 amide bonds. The van der Waals surface area contributed by atoms with Crippen LogP contribution < -0.4 is 11.0 Å². The number of hydrazine groups is 1. The second-order valence-corrected chi connectivity index (χ2v) is 14.4. The Kier molecular flexibility index (Phi) is 11.2. The van der Waals surface area contributed by atoms with Crippen molar-refractivity contribution in [2.75, 3.05) is 58.9 Å². The van der Waals surface area contributed by atoms with E-state index in [-0.39, 0.29) is 6.10 Å². The zero-order valence-corrected chi connectivity index (χ0v) is 25.9. The molecule has 1 spiro atoms. The van der Waals surface area contributed by atoms with E-state index in [9.17, 15) is 4.21 Å². The van der Waals surface area contributed by atoms with Crippen molar-refractivity contribution in [1.82, 2.24) is 20.0 Å². The van der Waals surface area contributed by atoms with Gasteiger partial charge in [-0.3, -0.25) is 5.43 Å². The molecule has 1 atom stereocenters. The molecule has 1 aromatic heterocycles. The van der Waals surface area contributed by atoms with Crippen molar-refractivity contribution in [2.24, 2.45) is 20.7 Å². The van der Waals surface area contributed by atoms with Gasteiger partial charge in [-0.25, -0.2) is 14.2 Å². The fourth-order valence-corrected chi connectivity index (χ4v) is 7.92. The number of benzene rings is 1. The summed E-state index contributed by atoms with van der Waals surface area (Å²) in [4.78, 5) is 8.21. The van der Waals surface area contributed by atoms with Crippen molar-refractivity contribution in [3.05, 3.63) is 23.8 Å². The number of aromatic amines is 1. The summed E-state index contributed by atoms with van der Waals surface area (Å²) in [7, 11) is 1.57. The zero-order chi connectivity index (χ0) is 28.6. The number of H-pyrrole nitrogens is 1. The third kappa shape index (κ3) is 8.62. The van der Waals surface area contributed by atoms with E-state index in [4.69, 9.17) is 23.6 Å². The van der Waals surface area contributed by atoms with E-state index in [2.05, 4.69) is 28.0 Å². The van der Waals surface area contributed by atoms with Gasteiger partial charge in [0.25, 0.3) is 0 Å². The Hall–Kier alpha value is -1.76. The van der Waals surface area contributed by atoms with Gasteiger partial charge in [0.2, 0.25) is 5.62 Å². The van der Waals surface area contributed by atoms with Crippen LogP contribution in [0.25, 0.3) is 11.0 Å². The maximum absolute atomic E-state index is 13.8. The number of hydrogen-bond acceptors (Lipinski definition) is 8. The Morgan fingerprint density at radius 3 is 2.65 bits per heavy atom. The molecule has 0 unspecified atom stereocenters. The number of nitrogens with zero attached hydrogens (tertiary/aromatic N) is 4. The highest BCUT2D eigenvalue weighted by molar-refractivity contribution is 7.93. The molecule has 2 aliphatic rings. The van der Waals surface area contributed by atoms with Gasteiger partial charge in [0, 0.05) is 44.9 Å². The lowest BCUT2D eigenvalue weighted by molar-refractivity contribution is 0.00985.